The van der Waals surface area contributed by atoms with E-state index in [9.17, 15) is 18.0 Å². The summed E-state index contributed by atoms with van der Waals surface area (Å²) in [5.74, 6) is -0.479. The summed E-state index contributed by atoms with van der Waals surface area (Å²) in [6.07, 6.45) is -4.51. The molecule has 2 nitrogen and oxygen atoms in total. The van der Waals surface area contributed by atoms with Gasteiger partial charge in [-0.15, -0.1) is 0 Å². The second kappa shape index (κ2) is 5.32. The fraction of sp³-hybridized carbons (Fsp3) is 0.188. The highest BCUT2D eigenvalue weighted by Crippen LogP contribution is 2.41. The number of alkyl halides is 3. The van der Waals surface area contributed by atoms with E-state index in [-0.39, 0.29) is 17.7 Å². The van der Waals surface area contributed by atoms with Crippen molar-refractivity contribution >= 4 is 28.8 Å². The Balaban J connectivity index is 2.15. The molecule has 6 heteroatoms. The summed E-state index contributed by atoms with van der Waals surface area (Å²) in [7, 11) is 0. The average Bonchev–Trinajstić information content (AvgIpc) is 2.47. The monoisotopic (exact) mass is 325 g/mol. The number of rotatable bonds is 1. The molecule has 22 heavy (non-hydrogen) atoms. The molecule has 0 aromatic heterocycles. The van der Waals surface area contributed by atoms with Crippen LogP contribution in [0, 0.1) is 0 Å². The SMILES string of the molecule is O=C1CCN(c2ccc(Cl)cc2)c2cccc(C(F)(F)F)c21. The number of nitrogens with zero attached hydrogens (tertiary/aromatic N) is 1. The molecule has 0 amide bonds. The van der Waals surface area contributed by atoms with Crippen molar-refractivity contribution in [2.45, 2.75) is 12.6 Å². The van der Waals surface area contributed by atoms with Crippen molar-refractivity contribution in [2.75, 3.05) is 11.4 Å². The Kier molecular flexibility index (Phi) is 3.60. The second-order valence-corrected chi connectivity index (χ2v) is 5.44. The number of carbonyl (C=O) groups is 1. The van der Waals surface area contributed by atoms with Gasteiger partial charge in [-0.25, -0.2) is 0 Å². The number of halogens is 4. The lowest BCUT2D eigenvalue weighted by atomic mass is 9.94. The highest BCUT2D eigenvalue weighted by Gasteiger charge is 2.38. The van der Waals surface area contributed by atoms with Crippen LogP contribution in [0.4, 0.5) is 24.5 Å². The highest BCUT2D eigenvalue weighted by molar-refractivity contribution is 6.30. The van der Waals surface area contributed by atoms with E-state index in [0.717, 1.165) is 6.07 Å². The van der Waals surface area contributed by atoms with Crippen LogP contribution in [0.1, 0.15) is 22.3 Å². The van der Waals surface area contributed by atoms with Gasteiger partial charge in [0.1, 0.15) is 0 Å². The number of Topliss-reactive ketones (excluding diaryl/α,β-unsaturated/α-hetero) is 1. The Morgan fingerprint density at radius 2 is 1.73 bits per heavy atom. The lowest BCUT2D eigenvalue weighted by Gasteiger charge is -2.32. The highest BCUT2D eigenvalue weighted by atomic mass is 35.5. The molecule has 2 aromatic carbocycles. The first-order chi connectivity index (χ1) is 10.4. The normalized spacial score (nSPS) is 14.9. The van der Waals surface area contributed by atoms with E-state index in [1.807, 2.05) is 0 Å². The standard InChI is InChI=1S/C16H11ClF3NO/c17-10-4-6-11(7-5-10)21-9-8-14(22)15-12(16(18,19)20)2-1-3-13(15)21/h1-7H,8-9H2. The first kappa shape index (κ1) is 14.9. The molecule has 0 N–H and O–H groups in total. The minimum atomic E-state index is -4.55. The summed E-state index contributed by atoms with van der Waals surface area (Å²) in [5, 5.41) is 0.543. The third kappa shape index (κ3) is 2.57. The van der Waals surface area contributed by atoms with Crippen LogP contribution in [0.3, 0.4) is 0 Å². The summed E-state index contributed by atoms with van der Waals surface area (Å²) in [6.45, 7) is 0.342. The van der Waals surface area contributed by atoms with Gasteiger partial charge < -0.3 is 4.90 Å². The van der Waals surface area contributed by atoms with Gasteiger partial charge in [0, 0.05) is 23.7 Å². The summed E-state index contributed by atoms with van der Waals surface area (Å²) in [5.41, 5.74) is -0.143. The quantitative estimate of drug-likeness (QED) is 0.728. The number of anilines is 2. The number of ketones is 1. The first-order valence-electron chi connectivity index (χ1n) is 6.64. The smallest absolute Gasteiger partial charge is 0.340 e. The van der Waals surface area contributed by atoms with Gasteiger partial charge in [0.15, 0.2) is 5.78 Å². The van der Waals surface area contributed by atoms with E-state index < -0.39 is 17.5 Å². The molecule has 0 saturated carbocycles. The van der Waals surface area contributed by atoms with E-state index in [2.05, 4.69) is 0 Å². The molecule has 1 heterocycles. The van der Waals surface area contributed by atoms with E-state index in [4.69, 9.17) is 11.6 Å². The Bertz CT molecular complexity index is 725. The molecule has 0 saturated heterocycles. The third-order valence-electron chi connectivity index (χ3n) is 3.62. The van der Waals surface area contributed by atoms with Crippen LogP contribution in [-0.4, -0.2) is 12.3 Å². The zero-order valence-electron chi connectivity index (χ0n) is 11.3. The third-order valence-corrected chi connectivity index (χ3v) is 3.87. The van der Waals surface area contributed by atoms with E-state index >= 15 is 0 Å². The van der Waals surface area contributed by atoms with E-state index in [0.29, 0.717) is 17.3 Å². The molecular formula is C16H11ClF3NO. The molecule has 3 rings (SSSR count). The van der Waals surface area contributed by atoms with Crippen LogP contribution in [0.25, 0.3) is 0 Å². The van der Waals surface area contributed by atoms with Crippen molar-refractivity contribution in [1.29, 1.82) is 0 Å². The predicted molar refractivity (Wildman–Crippen MR) is 78.8 cm³/mol. The Labute approximate surface area is 130 Å². The van der Waals surface area contributed by atoms with Crippen molar-refractivity contribution in [3.63, 3.8) is 0 Å². The molecule has 1 aliphatic heterocycles. The summed E-state index contributed by atoms with van der Waals surface area (Å²) < 4.78 is 39.4. The maximum absolute atomic E-state index is 13.1. The predicted octanol–water partition coefficient (Wildman–Crippen LogP) is 5.08. The average molecular weight is 326 g/mol. The van der Waals surface area contributed by atoms with Crippen molar-refractivity contribution < 1.29 is 18.0 Å². The second-order valence-electron chi connectivity index (χ2n) is 5.00. The molecule has 2 aromatic rings. The van der Waals surface area contributed by atoms with Crippen LogP contribution >= 0.6 is 11.6 Å². The van der Waals surface area contributed by atoms with Crippen LogP contribution in [0.2, 0.25) is 5.02 Å². The van der Waals surface area contributed by atoms with Gasteiger partial charge in [0.05, 0.1) is 16.8 Å². The van der Waals surface area contributed by atoms with Crippen molar-refractivity contribution in [3.05, 3.63) is 58.6 Å². The number of fused-ring (bicyclic) bond motifs is 1. The van der Waals surface area contributed by atoms with Crippen molar-refractivity contribution in [3.8, 4) is 0 Å². The van der Waals surface area contributed by atoms with Crippen LogP contribution in [0.15, 0.2) is 42.5 Å². The minimum absolute atomic E-state index is 0.0444. The maximum Gasteiger partial charge on any atom is 0.417 e. The zero-order chi connectivity index (χ0) is 15.9. The van der Waals surface area contributed by atoms with Gasteiger partial charge in [0.25, 0.3) is 0 Å². The van der Waals surface area contributed by atoms with Gasteiger partial charge in [-0.1, -0.05) is 17.7 Å². The molecule has 1 aliphatic rings. The number of hydrogen-bond donors (Lipinski definition) is 0. The van der Waals surface area contributed by atoms with Crippen LogP contribution < -0.4 is 4.90 Å². The zero-order valence-corrected chi connectivity index (χ0v) is 12.1. The lowest BCUT2D eigenvalue weighted by Crippen LogP contribution is -2.30. The molecule has 114 valence electrons. The van der Waals surface area contributed by atoms with Gasteiger partial charge in [-0.2, -0.15) is 13.2 Å². The fourth-order valence-electron chi connectivity index (χ4n) is 2.64. The molecule has 0 radical (unpaired) electrons. The van der Waals surface area contributed by atoms with E-state index in [1.165, 1.54) is 12.1 Å². The molecule has 0 spiro atoms. The van der Waals surface area contributed by atoms with Crippen molar-refractivity contribution in [1.82, 2.24) is 0 Å². The Morgan fingerprint density at radius 3 is 2.36 bits per heavy atom. The molecule has 0 atom stereocenters. The molecular weight excluding hydrogens is 315 g/mol. The topological polar surface area (TPSA) is 20.3 Å². The molecule has 0 unspecified atom stereocenters. The Hall–Kier alpha value is -2.01. The van der Waals surface area contributed by atoms with Gasteiger partial charge in [-0.3, -0.25) is 4.79 Å². The van der Waals surface area contributed by atoms with Crippen molar-refractivity contribution in [2.24, 2.45) is 0 Å². The number of carbonyl (C=O) groups excluding carboxylic acids is 1. The summed E-state index contributed by atoms with van der Waals surface area (Å²) in [6, 6.07) is 10.6. The maximum atomic E-state index is 13.1. The van der Waals surface area contributed by atoms with Gasteiger partial charge in [-0.05, 0) is 36.4 Å². The van der Waals surface area contributed by atoms with Gasteiger partial charge in [0.2, 0.25) is 0 Å². The first-order valence-corrected chi connectivity index (χ1v) is 7.02. The van der Waals surface area contributed by atoms with E-state index in [1.54, 1.807) is 29.2 Å². The van der Waals surface area contributed by atoms with Gasteiger partial charge >= 0.3 is 6.18 Å². The summed E-state index contributed by atoms with van der Waals surface area (Å²) >= 11 is 5.84. The fourth-order valence-corrected chi connectivity index (χ4v) is 2.77. The van der Waals surface area contributed by atoms with Crippen LogP contribution in [0.5, 0.6) is 0 Å². The molecule has 0 bridgehead atoms. The Morgan fingerprint density at radius 1 is 1.05 bits per heavy atom. The van der Waals surface area contributed by atoms with Crippen LogP contribution in [-0.2, 0) is 6.18 Å². The minimum Gasteiger partial charge on any atom is -0.340 e. The molecule has 0 aliphatic carbocycles. The largest absolute Gasteiger partial charge is 0.417 e. The number of hydrogen-bond acceptors (Lipinski definition) is 2. The lowest BCUT2D eigenvalue weighted by molar-refractivity contribution is -0.137. The number of benzene rings is 2. The molecule has 0 fully saturated rings. The summed E-state index contributed by atoms with van der Waals surface area (Å²) in [4.78, 5) is 13.7.